The molecule has 0 fully saturated rings. The first kappa shape index (κ1) is 6.61. The lowest BCUT2D eigenvalue weighted by Crippen LogP contribution is -2.06. The summed E-state index contributed by atoms with van der Waals surface area (Å²) in [4.78, 5) is 0. The number of allylic oxidation sites excluding steroid dienone is 3. The molecule has 0 unspecified atom stereocenters. The maximum atomic E-state index is 5.08. The highest BCUT2D eigenvalue weighted by Crippen LogP contribution is 2.01. The predicted molar refractivity (Wildman–Crippen MR) is 42.2 cm³/mol. The number of hydrazone groups is 1. The van der Waals surface area contributed by atoms with Crippen LogP contribution in [-0.4, -0.2) is 5.71 Å². The van der Waals surface area contributed by atoms with Gasteiger partial charge in [-0.05, 0) is 12.2 Å². The lowest BCUT2D eigenvalue weighted by atomic mass is 10.3. The average molecular weight is 135 g/mol. The van der Waals surface area contributed by atoms with Crippen LogP contribution in [0.5, 0.6) is 0 Å². The van der Waals surface area contributed by atoms with Crippen LogP contribution in [0, 0.1) is 0 Å². The minimum Gasteiger partial charge on any atom is -0.360 e. The molecule has 0 saturated heterocycles. The Balaban J connectivity index is 2.84. The number of nitrogens with one attached hydrogen (secondary N) is 1. The standard InChI is InChI=1S/C7H9N3/c1-2-3-6-7(10-8)4-5-9-6/h2-5,9H,1,8H2/b6-3+,10-7-. The molecule has 10 heavy (non-hydrogen) atoms. The van der Waals surface area contributed by atoms with E-state index in [-0.39, 0.29) is 0 Å². The van der Waals surface area contributed by atoms with Gasteiger partial charge in [0.2, 0.25) is 0 Å². The number of nitrogens with two attached hydrogens (primary N) is 1. The molecule has 3 heteroatoms. The molecule has 1 heterocycles. The lowest BCUT2D eigenvalue weighted by molar-refractivity contribution is 1.16. The molecule has 3 N–H and O–H groups in total. The number of hydrogen-bond donors (Lipinski definition) is 2. The van der Waals surface area contributed by atoms with Crippen LogP contribution in [0.4, 0.5) is 0 Å². The van der Waals surface area contributed by atoms with Crippen LogP contribution in [0.1, 0.15) is 0 Å². The van der Waals surface area contributed by atoms with Crippen LogP contribution in [0.3, 0.4) is 0 Å². The van der Waals surface area contributed by atoms with Crippen LogP contribution in [0.15, 0.2) is 41.8 Å². The van der Waals surface area contributed by atoms with Crippen LogP contribution >= 0.6 is 0 Å². The van der Waals surface area contributed by atoms with E-state index in [1.54, 1.807) is 18.4 Å². The second kappa shape index (κ2) is 2.87. The fourth-order valence-electron chi connectivity index (χ4n) is 0.738. The molecule has 0 radical (unpaired) electrons. The van der Waals surface area contributed by atoms with Gasteiger partial charge in [0.05, 0.1) is 5.70 Å². The van der Waals surface area contributed by atoms with Crippen molar-refractivity contribution in [2.75, 3.05) is 0 Å². The van der Waals surface area contributed by atoms with E-state index < -0.39 is 0 Å². The maximum Gasteiger partial charge on any atom is 0.108 e. The quantitative estimate of drug-likeness (QED) is 0.406. The summed E-state index contributed by atoms with van der Waals surface area (Å²) in [6.07, 6.45) is 7.07. The second-order valence-corrected chi connectivity index (χ2v) is 1.81. The molecule has 1 rings (SSSR count). The Morgan fingerprint density at radius 1 is 1.70 bits per heavy atom. The van der Waals surface area contributed by atoms with Crippen molar-refractivity contribution in [3.8, 4) is 0 Å². The van der Waals surface area contributed by atoms with Gasteiger partial charge in [-0.25, -0.2) is 0 Å². The highest BCUT2D eigenvalue weighted by molar-refractivity contribution is 6.10. The van der Waals surface area contributed by atoms with E-state index in [0.29, 0.717) is 0 Å². The zero-order chi connectivity index (χ0) is 7.40. The van der Waals surface area contributed by atoms with Gasteiger partial charge in [-0.1, -0.05) is 12.7 Å². The summed E-state index contributed by atoms with van der Waals surface area (Å²) in [6, 6.07) is 0. The van der Waals surface area contributed by atoms with Crippen LogP contribution in [0.25, 0.3) is 0 Å². The monoisotopic (exact) mass is 135 g/mol. The van der Waals surface area contributed by atoms with Gasteiger partial charge in [-0.2, -0.15) is 5.10 Å². The third-order valence-corrected chi connectivity index (χ3v) is 1.18. The summed E-state index contributed by atoms with van der Waals surface area (Å²) >= 11 is 0. The molecule has 0 saturated carbocycles. The molecule has 1 aliphatic rings. The molecule has 1 aliphatic heterocycles. The van der Waals surface area contributed by atoms with Crippen molar-refractivity contribution in [2.24, 2.45) is 10.9 Å². The molecule has 0 amide bonds. The second-order valence-electron chi connectivity index (χ2n) is 1.81. The highest BCUT2D eigenvalue weighted by atomic mass is 15.1. The Morgan fingerprint density at radius 2 is 2.50 bits per heavy atom. The molecule has 3 nitrogen and oxygen atoms in total. The molecule has 0 aromatic rings. The van der Waals surface area contributed by atoms with E-state index >= 15 is 0 Å². The van der Waals surface area contributed by atoms with Crippen LogP contribution in [-0.2, 0) is 0 Å². The maximum absolute atomic E-state index is 5.08. The summed E-state index contributed by atoms with van der Waals surface area (Å²) in [5, 5.41) is 6.50. The summed E-state index contributed by atoms with van der Waals surface area (Å²) < 4.78 is 0. The van der Waals surface area contributed by atoms with Gasteiger partial charge >= 0.3 is 0 Å². The number of rotatable bonds is 1. The van der Waals surface area contributed by atoms with E-state index in [0.717, 1.165) is 11.4 Å². The van der Waals surface area contributed by atoms with Gasteiger partial charge in [0.1, 0.15) is 5.71 Å². The van der Waals surface area contributed by atoms with Gasteiger partial charge in [-0.15, -0.1) is 0 Å². The van der Waals surface area contributed by atoms with Crippen molar-refractivity contribution in [3.63, 3.8) is 0 Å². The molecular weight excluding hydrogens is 126 g/mol. The minimum absolute atomic E-state index is 0.750. The molecule has 0 aromatic carbocycles. The average Bonchev–Trinajstić information content (AvgIpc) is 2.36. The van der Waals surface area contributed by atoms with Crippen molar-refractivity contribution in [1.82, 2.24) is 5.32 Å². The molecule has 0 aliphatic carbocycles. The van der Waals surface area contributed by atoms with E-state index in [2.05, 4.69) is 17.0 Å². The van der Waals surface area contributed by atoms with E-state index in [9.17, 15) is 0 Å². The van der Waals surface area contributed by atoms with Crippen molar-refractivity contribution in [3.05, 3.63) is 36.7 Å². The third-order valence-electron chi connectivity index (χ3n) is 1.18. The van der Waals surface area contributed by atoms with E-state index in [4.69, 9.17) is 5.84 Å². The Morgan fingerprint density at radius 3 is 3.10 bits per heavy atom. The summed E-state index contributed by atoms with van der Waals surface area (Å²) in [6.45, 7) is 3.55. The highest BCUT2D eigenvalue weighted by Gasteiger charge is 2.05. The molecule has 0 aromatic heterocycles. The Labute approximate surface area is 59.6 Å². The zero-order valence-electron chi connectivity index (χ0n) is 5.54. The fraction of sp³-hybridized carbons (Fsp3) is 0. The van der Waals surface area contributed by atoms with Gasteiger partial charge in [0, 0.05) is 6.20 Å². The van der Waals surface area contributed by atoms with Crippen molar-refractivity contribution < 1.29 is 0 Å². The van der Waals surface area contributed by atoms with Gasteiger partial charge in [0.25, 0.3) is 0 Å². The van der Waals surface area contributed by atoms with Crippen LogP contribution in [0.2, 0.25) is 0 Å². The molecule has 0 bridgehead atoms. The van der Waals surface area contributed by atoms with E-state index in [1.165, 1.54) is 0 Å². The van der Waals surface area contributed by atoms with Crippen LogP contribution < -0.4 is 11.2 Å². The first-order valence-electron chi connectivity index (χ1n) is 2.92. The minimum atomic E-state index is 0.750. The number of nitrogens with zero attached hydrogens (tertiary/aromatic N) is 1. The Kier molecular flexibility index (Phi) is 1.89. The van der Waals surface area contributed by atoms with Gasteiger partial charge in [0.15, 0.2) is 0 Å². The largest absolute Gasteiger partial charge is 0.360 e. The third kappa shape index (κ3) is 1.07. The van der Waals surface area contributed by atoms with Crippen molar-refractivity contribution >= 4 is 5.71 Å². The molecule has 0 spiro atoms. The summed E-state index contributed by atoms with van der Waals surface area (Å²) in [7, 11) is 0. The topological polar surface area (TPSA) is 50.4 Å². The van der Waals surface area contributed by atoms with E-state index in [1.807, 2.05) is 6.08 Å². The smallest absolute Gasteiger partial charge is 0.108 e. The Hall–Kier alpha value is -1.51. The van der Waals surface area contributed by atoms with Gasteiger partial charge < -0.3 is 11.2 Å². The van der Waals surface area contributed by atoms with Gasteiger partial charge in [-0.3, -0.25) is 0 Å². The Bertz CT molecular complexity index is 223. The zero-order valence-corrected chi connectivity index (χ0v) is 5.54. The summed E-state index contributed by atoms with van der Waals surface area (Å²) in [5.74, 6) is 5.08. The summed E-state index contributed by atoms with van der Waals surface area (Å²) in [5.41, 5.74) is 1.64. The van der Waals surface area contributed by atoms with Crippen molar-refractivity contribution in [2.45, 2.75) is 0 Å². The normalized spacial score (nSPS) is 23.6. The molecular formula is C7H9N3. The number of hydrogen-bond acceptors (Lipinski definition) is 3. The molecule has 52 valence electrons. The SMILES string of the molecule is C=C/C=C1/NC=C/C1=N/N. The lowest BCUT2D eigenvalue weighted by Gasteiger charge is -1.95. The van der Waals surface area contributed by atoms with Crippen molar-refractivity contribution in [1.29, 1.82) is 0 Å². The first-order valence-corrected chi connectivity index (χ1v) is 2.92. The first-order chi connectivity index (χ1) is 4.88. The fourth-order valence-corrected chi connectivity index (χ4v) is 0.738. The molecule has 0 atom stereocenters. The predicted octanol–water partition coefficient (Wildman–Crippen LogP) is 0.488.